The van der Waals surface area contributed by atoms with E-state index in [1.165, 1.54) is 0 Å². The van der Waals surface area contributed by atoms with Crippen LogP contribution in [0.3, 0.4) is 0 Å². The monoisotopic (exact) mass is 271 g/mol. The number of nitrogens with one attached hydrogen (secondary N) is 1. The van der Waals surface area contributed by atoms with Gasteiger partial charge in [0.1, 0.15) is 0 Å². The van der Waals surface area contributed by atoms with E-state index in [0.29, 0.717) is 12.1 Å². The predicted octanol–water partition coefficient (Wildman–Crippen LogP) is 2.14. The van der Waals surface area contributed by atoms with Crippen molar-refractivity contribution in [3.05, 3.63) is 41.1 Å². The highest BCUT2D eigenvalue weighted by Crippen LogP contribution is 2.19. The van der Waals surface area contributed by atoms with Crippen LogP contribution in [0.2, 0.25) is 0 Å². The summed E-state index contributed by atoms with van der Waals surface area (Å²) in [6, 6.07) is 7.85. The molecule has 4 heteroatoms. The molecule has 0 aliphatic heterocycles. The van der Waals surface area contributed by atoms with E-state index in [-0.39, 0.29) is 5.91 Å². The van der Waals surface area contributed by atoms with Crippen LogP contribution in [0.25, 0.3) is 10.9 Å². The quantitative estimate of drug-likeness (QED) is 0.926. The maximum atomic E-state index is 12.3. The zero-order valence-corrected chi connectivity index (χ0v) is 12.5. The van der Waals surface area contributed by atoms with Gasteiger partial charge in [0.25, 0.3) is 5.91 Å². The summed E-state index contributed by atoms with van der Waals surface area (Å²) in [5.74, 6) is -0.0343. The second-order valence-corrected chi connectivity index (χ2v) is 5.39. The maximum absolute atomic E-state index is 12.3. The van der Waals surface area contributed by atoms with E-state index in [0.717, 1.165) is 28.7 Å². The van der Waals surface area contributed by atoms with Crippen molar-refractivity contribution in [1.29, 1.82) is 0 Å². The number of likely N-dealkylation sites (N-methyl/N-ethyl adjacent to an activating group) is 1. The SMILES string of the molecule is Cc1ccc2nc(C)cc(C(=O)NCCN(C)C)c2c1. The number of hydrogen-bond acceptors (Lipinski definition) is 3. The molecule has 0 spiro atoms. The van der Waals surface area contributed by atoms with Crippen LogP contribution < -0.4 is 5.32 Å². The molecule has 1 amide bonds. The van der Waals surface area contributed by atoms with Crippen molar-refractivity contribution in [3.8, 4) is 0 Å². The van der Waals surface area contributed by atoms with E-state index in [1.54, 1.807) is 0 Å². The first-order chi connectivity index (χ1) is 9.47. The molecule has 0 radical (unpaired) electrons. The Morgan fingerprint density at radius 3 is 2.70 bits per heavy atom. The van der Waals surface area contributed by atoms with Gasteiger partial charge < -0.3 is 10.2 Å². The summed E-state index contributed by atoms with van der Waals surface area (Å²) in [6.45, 7) is 5.40. The zero-order valence-electron chi connectivity index (χ0n) is 12.5. The Bertz CT molecular complexity index is 635. The molecule has 0 saturated heterocycles. The minimum absolute atomic E-state index is 0.0343. The normalized spacial score (nSPS) is 11.1. The highest BCUT2D eigenvalue weighted by atomic mass is 16.1. The lowest BCUT2D eigenvalue weighted by molar-refractivity contribution is 0.0952. The van der Waals surface area contributed by atoms with Crippen LogP contribution in [0.4, 0.5) is 0 Å². The molecule has 0 aliphatic carbocycles. The molecule has 0 bridgehead atoms. The zero-order chi connectivity index (χ0) is 14.7. The van der Waals surface area contributed by atoms with Crippen molar-refractivity contribution in [2.24, 2.45) is 0 Å². The lowest BCUT2D eigenvalue weighted by Crippen LogP contribution is -2.31. The van der Waals surface area contributed by atoms with E-state index in [9.17, 15) is 4.79 Å². The lowest BCUT2D eigenvalue weighted by atomic mass is 10.0. The van der Waals surface area contributed by atoms with Gasteiger partial charge in [0.2, 0.25) is 0 Å². The predicted molar refractivity (Wildman–Crippen MR) is 82.1 cm³/mol. The van der Waals surface area contributed by atoms with Crippen molar-refractivity contribution in [3.63, 3.8) is 0 Å². The molecule has 4 nitrogen and oxygen atoms in total. The Kier molecular flexibility index (Phi) is 4.35. The fraction of sp³-hybridized carbons (Fsp3) is 0.375. The molecule has 0 atom stereocenters. The molecule has 1 aromatic heterocycles. The topological polar surface area (TPSA) is 45.2 Å². The third kappa shape index (κ3) is 3.33. The van der Waals surface area contributed by atoms with E-state index < -0.39 is 0 Å². The van der Waals surface area contributed by atoms with Gasteiger partial charge in [0, 0.05) is 24.2 Å². The van der Waals surface area contributed by atoms with Crippen LogP contribution in [0.5, 0.6) is 0 Å². The Hall–Kier alpha value is -1.94. The first-order valence-corrected chi connectivity index (χ1v) is 6.78. The second-order valence-electron chi connectivity index (χ2n) is 5.39. The van der Waals surface area contributed by atoms with Crippen LogP contribution in [0, 0.1) is 13.8 Å². The van der Waals surface area contributed by atoms with E-state index in [1.807, 2.05) is 57.1 Å². The fourth-order valence-corrected chi connectivity index (χ4v) is 2.15. The molecule has 1 N–H and O–H groups in total. The average molecular weight is 271 g/mol. The molecule has 0 saturated carbocycles. The van der Waals surface area contributed by atoms with Gasteiger partial charge in [-0.25, -0.2) is 0 Å². The van der Waals surface area contributed by atoms with Crippen molar-refractivity contribution >= 4 is 16.8 Å². The molecule has 0 fully saturated rings. The van der Waals surface area contributed by atoms with Crippen molar-refractivity contribution in [2.45, 2.75) is 13.8 Å². The number of hydrogen-bond donors (Lipinski definition) is 1. The summed E-state index contributed by atoms with van der Waals surface area (Å²) in [7, 11) is 3.98. The Balaban J connectivity index is 2.32. The van der Waals surface area contributed by atoms with Gasteiger partial charge in [-0.2, -0.15) is 0 Å². The van der Waals surface area contributed by atoms with E-state index in [2.05, 4.69) is 10.3 Å². The summed E-state index contributed by atoms with van der Waals surface area (Å²) in [5, 5.41) is 3.88. The van der Waals surface area contributed by atoms with Crippen molar-refractivity contribution in [1.82, 2.24) is 15.2 Å². The highest BCUT2D eigenvalue weighted by Gasteiger charge is 2.11. The number of pyridine rings is 1. The molecule has 2 aromatic rings. The molecule has 1 aromatic carbocycles. The number of benzene rings is 1. The minimum Gasteiger partial charge on any atom is -0.351 e. The van der Waals surface area contributed by atoms with Crippen molar-refractivity contribution in [2.75, 3.05) is 27.2 Å². The largest absolute Gasteiger partial charge is 0.351 e. The van der Waals surface area contributed by atoms with Gasteiger partial charge in [-0.3, -0.25) is 9.78 Å². The van der Waals surface area contributed by atoms with Gasteiger partial charge in [-0.05, 0) is 46.1 Å². The summed E-state index contributed by atoms with van der Waals surface area (Å²) in [6.07, 6.45) is 0. The molecule has 20 heavy (non-hydrogen) atoms. The van der Waals surface area contributed by atoms with Crippen LogP contribution >= 0.6 is 0 Å². The molecular formula is C16H21N3O. The molecule has 0 aliphatic rings. The number of rotatable bonds is 4. The van der Waals surface area contributed by atoms with Crippen LogP contribution in [-0.2, 0) is 0 Å². The average Bonchev–Trinajstić information content (AvgIpc) is 2.37. The molecule has 106 valence electrons. The maximum Gasteiger partial charge on any atom is 0.252 e. The molecular weight excluding hydrogens is 250 g/mol. The Morgan fingerprint density at radius 2 is 2.00 bits per heavy atom. The third-order valence-corrected chi connectivity index (χ3v) is 3.18. The Morgan fingerprint density at radius 1 is 1.25 bits per heavy atom. The van der Waals surface area contributed by atoms with Crippen LogP contribution in [0.15, 0.2) is 24.3 Å². The van der Waals surface area contributed by atoms with Crippen LogP contribution in [-0.4, -0.2) is 43.0 Å². The molecule has 1 heterocycles. The molecule has 2 rings (SSSR count). The minimum atomic E-state index is -0.0343. The summed E-state index contributed by atoms with van der Waals surface area (Å²) in [5.41, 5.74) is 3.56. The number of carbonyl (C=O) groups is 1. The Labute approximate surface area is 119 Å². The number of fused-ring (bicyclic) bond motifs is 1. The smallest absolute Gasteiger partial charge is 0.252 e. The number of carbonyl (C=O) groups excluding carboxylic acids is 1. The second kappa shape index (κ2) is 6.01. The third-order valence-electron chi connectivity index (χ3n) is 3.18. The number of nitrogens with zero attached hydrogens (tertiary/aromatic N) is 2. The first-order valence-electron chi connectivity index (χ1n) is 6.78. The highest BCUT2D eigenvalue weighted by molar-refractivity contribution is 6.06. The summed E-state index contributed by atoms with van der Waals surface area (Å²) in [4.78, 5) is 18.9. The molecule has 0 unspecified atom stereocenters. The number of aryl methyl sites for hydroxylation is 2. The van der Waals surface area contributed by atoms with Gasteiger partial charge in [0.05, 0.1) is 11.1 Å². The summed E-state index contributed by atoms with van der Waals surface area (Å²) >= 11 is 0. The fourth-order valence-electron chi connectivity index (χ4n) is 2.15. The standard InChI is InChI=1S/C16H21N3O/c1-11-5-6-15-13(9-11)14(10-12(2)18-15)16(20)17-7-8-19(3)4/h5-6,9-10H,7-8H2,1-4H3,(H,17,20). The van der Waals surface area contributed by atoms with E-state index >= 15 is 0 Å². The first kappa shape index (κ1) is 14.5. The summed E-state index contributed by atoms with van der Waals surface area (Å²) < 4.78 is 0. The van der Waals surface area contributed by atoms with Gasteiger partial charge >= 0.3 is 0 Å². The lowest BCUT2D eigenvalue weighted by Gasteiger charge is -2.12. The van der Waals surface area contributed by atoms with Gasteiger partial charge in [0.15, 0.2) is 0 Å². The van der Waals surface area contributed by atoms with E-state index in [4.69, 9.17) is 0 Å². The van der Waals surface area contributed by atoms with Crippen LogP contribution in [0.1, 0.15) is 21.6 Å². The number of aromatic nitrogens is 1. The van der Waals surface area contributed by atoms with Gasteiger partial charge in [-0.1, -0.05) is 11.6 Å². The van der Waals surface area contributed by atoms with Gasteiger partial charge in [-0.15, -0.1) is 0 Å². The van der Waals surface area contributed by atoms with Crippen molar-refractivity contribution < 1.29 is 4.79 Å². The number of amides is 1.